The summed E-state index contributed by atoms with van der Waals surface area (Å²) in [5.74, 6) is 0. The minimum atomic E-state index is -0.140. The Morgan fingerprint density at radius 3 is 2.73 bits per heavy atom. The smallest absolute Gasteiger partial charge is 0.0621 e. The van der Waals surface area contributed by atoms with E-state index in [1.54, 1.807) is 11.3 Å². The molecule has 15 heavy (non-hydrogen) atoms. The van der Waals surface area contributed by atoms with Crippen molar-refractivity contribution in [2.75, 3.05) is 0 Å². The lowest BCUT2D eigenvalue weighted by Gasteiger charge is -2.49. The summed E-state index contributed by atoms with van der Waals surface area (Å²) in [5, 5.41) is 17.5. The molecule has 0 aliphatic heterocycles. The van der Waals surface area contributed by atoms with E-state index in [1.165, 1.54) is 11.1 Å². The number of nitrogens with one attached hydrogen (secondary N) is 1. The zero-order chi connectivity index (χ0) is 11.1. The van der Waals surface area contributed by atoms with E-state index in [0.717, 1.165) is 13.0 Å². The molecular formula is C12H19NOS. The SMILES string of the molecule is Cc1cscc1CNC1CC(O)C1(C)C. The summed E-state index contributed by atoms with van der Waals surface area (Å²) in [5.41, 5.74) is 2.78. The number of hydrogen-bond donors (Lipinski definition) is 2. The van der Waals surface area contributed by atoms with E-state index in [0.29, 0.717) is 6.04 Å². The number of rotatable bonds is 3. The first-order chi connectivity index (χ1) is 7.01. The van der Waals surface area contributed by atoms with E-state index < -0.39 is 0 Å². The van der Waals surface area contributed by atoms with Crippen molar-refractivity contribution < 1.29 is 5.11 Å². The van der Waals surface area contributed by atoms with Gasteiger partial charge in [-0.3, -0.25) is 0 Å². The highest BCUT2D eigenvalue weighted by Gasteiger charge is 2.46. The molecule has 1 aliphatic carbocycles. The van der Waals surface area contributed by atoms with E-state index in [1.807, 2.05) is 0 Å². The van der Waals surface area contributed by atoms with Gasteiger partial charge in [0.2, 0.25) is 0 Å². The maximum atomic E-state index is 9.62. The number of aliphatic hydroxyl groups is 1. The Labute approximate surface area is 95.3 Å². The van der Waals surface area contributed by atoms with Crippen molar-refractivity contribution in [1.82, 2.24) is 5.32 Å². The normalized spacial score (nSPS) is 28.8. The minimum absolute atomic E-state index is 0.0317. The third-order valence-electron chi connectivity index (χ3n) is 3.72. The van der Waals surface area contributed by atoms with Gasteiger partial charge >= 0.3 is 0 Å². The van der Waals surface area contributed by atoms with Gasteiger partial charge in [-0.1, -0.05) is 13.8 Å². The number of hydrogen-bond acceptors (Lipinski definition) is 3. The summed E-state index contributed by atoms with van der Waals surface area (Å²) in [6.45, 7) is 7.32. The summed E-state index contributed by atoms with van der Waals surface area (Å²) >= 11 is 1.75. The monoisotopic (exact) mass is 225 g/mol. The first-order valence-corrected chi connectivity index (χ1v) is 6.39. The predicted molar refractivity (Wildman–Crippen MR) is 64.1 cm³/mol. The van der Waals surface area contributed by atoms with Gasteiger partial charge in [0.05, 0.1) is 6.10 Å². The third kappa shape index (κ3) is 1.96. The second kappa shape index (κ2) is 3.89. The molecule has 1 saturated carbocycles. The second-order valence-corrected chi connectivity index (χ2v) is 5.83. The molecule has 1 fully saturated rings. The highest BCUT2D eigenvalue weighted by molar-refractivity contribution is 7.08. The Morgan fingerprint density at radius 1 is 1.53 bits per heavy atom. The molecule has 0 saturated heterocycles. The van der Waals surface area contributed by atoms with E-state index in [9.17, 15) is 5.11 Å². The standard InChI is InChI=1S/C12H19NOS/c1-8-6-15-7-9(8)5-13-10-4-11(14)12(10,2)3/h6-7,10-11,13-14H,4-5H2,1-3H3. The van der Waals surface area contributed by atoms with Crippen LogP contribution < -0.4 is 5.32 Å². The van der Waals surface area contributed by atoms with Crippen LogP contribution in [-0.4, -0.2) is 17.3 Å². The summed E-state index contributed by atoms with van der Waals surface area (Å²) in [4.78, 5) is 0. The van der Waals surface area contributed by atoms with Gasteiger partial charge < -0.3 is 10.4 Å². The van der Waals surface area contributed by atoms with Gasteiger partial charge in [-0.15, -0.1) is 0 Å². The molecule has 2 rings (SSSR count). The molecule has 0 spiro atoms. The van der Waals surface area contributed by atoms with Crippen molar-refractivity contribution in [3.8, 4) is 0 Å². The Kier molecular flexibility index (Phi) is 2.88. The largest absolute Gasteiger partial charge is 0.392 e. The molecule has 2 atom stereocenters. The van der Waals surface area contributed by atoms with Gasteiger partial charge in [0.15, 0.2) is 0 Å². The first-order valence-electron chi connectivity index (χ1n) is 5.45. The van der Waals surface area contributed by atoms with E-state index >= 15 is 0 Å². The van der Waals surface area contributed by atoms with Crippen LogP contribution in [0.1, 0.15) is 31.4 Å². The molecule has 0 aromatic carbocycles. The molecule has 2 unspecified atom stereocenters. The van der Waals surface area contributed by atoms with Crippen molar-refractivity contribution >= 4 is 11.3 Å². The van der Waals surface area contributed by atoms with Crippen LogP contribution in [0, 0.1) is 12.3 Å². The van der Waals surface area contributed by atoms with Crippen molar-refractivity contribution in [2.45, 2.75) is 45.9 Å². The van der Waals surface area contributed by atoms with Crippen LogP contribution in [-0.2, 0) is 6.54 Å². The molecule has 84 valence electrons. The molecule has 0 bridgehead atoms. The molecule has 1 heterocycles. The first kappa shape index (κ1) is 11.1. The van der Waals surface area contributed by atoms with Crippen LogP contribution in [0.4, 0.5) is 0 Å². The van der Waals surface area contributed by atoms with Crippen molar-refractivity contribution in [3.63, 3.8) is 0 Å². The molecule has 2 nitrogen and oxygen atoms in total. The lowest BCUT2D eigenvalue weighted by Crippen LogP contribution is -2.59. The summed E-state index contributed by atoms with van der Waals surface area (Å²) in [6.07, 6.45) is 0.745. The highest BCUT2D eigenvalue weighted by atomic mass is 32.1. The van der Waals surface area contributed by atoms with Crippen molar-refractivity contribution in [2.24, 2.45) is 5.41 Å². The highest BCUT2D eigenvalue weighted by Crippen LogP contribution is 2.40. The predicted octanol–water partition coefficient (Wildman–Crippen LogP) is 2.31. The molecular weight excluding hydrogens is 206 g/mol. The average molecular weight is 225 g/mol. The zero-order valence-electron chi connectivity index (χ0n) is 9.58. The zero-order valence-corrected chi connectivity index (χ0v) is 10.4. The molecule has 0 amide bonds. The summed E-state index contributed by atoms with van der Waals surface area (Å²) in [6, 6.07) is 0.451. The number of aryl methyl sites for hydroxylation is 1. The van der Waals surface area contributed by atoms with Gasteiger partial charge in [-0.2, -0.15) is 11.3 Å². The Morgan fingerprint density at radius 2 is 2.27 bits per heavy atom. The lowest BCUT2D eigenvalue weighted by atomic mass is 9.64. The fourth-order valence-electron chi connectivity index (χ4n) is 2.05. The van der Waals surface area contributed by atoms with Gasteiger partial charge in [-0.05, 0) is 35.2 Å². The minimum Gasteiger partial charge on any atom is -0.392 e. The fraction of sp³-hybridized carbons (Fsp3) is 0.667. The Bertz CT molecular complexity index is 345. The molecule has 1 aromatic heterocycles. The van der Waals surface area contributed by atoms with E-state index in [4.69, 9.17) is 0 Å². The second-order valence-electron chi connectivity index (χ2n) is 5.09. The lowest BCUT2D eigenvalue weighted by molar-refractivity contribution is -0.0729. The van der Waals surface area contributed by atoms with Crippen LogP contribution in [0.15, 0.2) is 10.8 Å². The molecule has 1 aliphatic rings. The summed E-state index contributed by atoms with van der Waals surface area (Å²) < 4.78 is 0. The summed E-state index contributed by atoms with van der Waals surface area (Å²) in [7, 11) is 0. The van der Waals surface area contributed by atoms with Crippen LogP contribution in [0.25, 0.3) is 0 Å². The molecule has 3 heteroatoms. The fourth-order valence-corrected chi connectivity index (χ4v) is 2.91. The maximum Gasteiger partial charge on any atom is 0.0621 e. The third-order valence-corrected chi connectivity index (χ3v) is 4.63. The van der Waals surface area contributed by atoms with E-state index in [-0.39, 0.29) is 11.5 Å². The van der Waals surface area contributed by atoms with Crippen LogP contribution >= 0.6 is 11.3 Å². The quantitative estimate of drug-likeness (QED) is 0.827. The van der Waals surface area contributed by atoms with Crippen molar-refractivity contribution in [3.05, 3.63) is 21.9 Å². The number of thiophene rings is 1. The van der Waals surface area contributed by atoms with Crippen LogP contribution in [0.2, 0.25) is 0 Å². The average Bonchev–Trinajstić information content (AvgIpc) is 2.58. The van der Waals surface area contributed by atoms with Crippen LogP contribution in [0.5, 0.6) is 0 Å². The van der Waals surface area contributed by atoms with Gasteiger partial charge in [0.25, 0.3) is 0 Å². The van der Waals surface area contributed by atoms with Gasteiger partial charge in [-0.25, -0.2) is 0 Å². The Hall–Kier alpha value is -0.380. The van der Waals surface area contributed by atoms with Crippen molar-refractivity contribution in [1.29, 1.82) is 0 Å². The van der Waals surface area contributed by atoms with Gasteiger partial charge in [0.1, 0.15) is 0 Å². The van der Waals surface area contributed by atoms with Gasteiger partial charge in [0, 0.05) is 18.0 Å². The van der Waals surface area contributed by atoms with Crippen LogP contribution in [0.3, 0.4) is 0 Å². The number of aliphatic hydroxyl groups excluding tert-OH is 1. The molecule has 1 aromatic rings. The maximum absolute atomic E-state index is 9.62. The van der Waals surface area contributed by atoms with E-state index in [2.05, 4.69) is 36.8 Å². The Balaban J connectivity index is 1.88. The molecule has 2 N–H and O–H groups in total. The topological polar surface area (TPSA) is 32.3 Å². The molecule has 0 radical (unpaired) electrons.